The molecule has 0 atom stereocenters. The molecule has 1 fully saturated rings. The maximum Gasteiger partial charge on any atom is 0.416 e. The first-order chi connectivity index (χ1) is 13.1. The summed E-state index contributed by atoms with van der Waals surface area (Å²) in [6.07, 6.45) is -2.06. The fraction of sp³-hybridized carbons (Fsp3) is 0.389. The smallest absolute Gasteiger partial charge is 0.392 e. The van der Waals surface area contributed by atoms with E-state index in [9.17, 15) is 27.6 Å². The molecule has 1 saturated carbocycles. The highest BCUT2D eigenvalue weighted by Gasteiger charge is 2.32. The van der Waals surface area contributed by atoms with E-state index < -0.39 is 28.9 Å². The standard InChI is InChI=1S/C18H19F3N4O3/c19-18(20,21)11-3-1-2-10(8-11)9-4-6-12(7-5-9)23-16(27)14-13(22)15(26)25-17(28)24-14/h1-3,8-9,12H,4-7,22H2,(H,23,27)(H2,24,25,26,28). The Balaban J connectivity index is 1.64. The Morgan fingerprint density at radius 1 is 1.11 bits per heavy atom. The van der Waals surface area contributed by atoms with Crippen molar-refractivity contribution in [3.8, 4) is 0 Å². The lowest BCUT2D eigenvalue weighted by molar-refractivity contribution is -0.137. The number of nitrogen functional groups attached to an aromatic ring is 1. The van der Waals surface area contributed by atoms with E-state index in [1.807, 2.05) is 4.98 Å². The van der Waals surface area contributed by atoms with Crippen LogP contribution in [0.2, 0.25) is 0 Å². The molecule has 28 heavy (non-hydrogen) atoms. The molecule has 3 rings (SSSR count). The van der Waals surface area contributed by atoms with Crippen molar-refractivity contribution in [2.24, 2.45) is 0 Å². The van der Waals surface area contributed by atoms with E-state index in [0.29, 0.717) is 31.2 Å². The molecular formula is C18H19F3N4O3. The first-order valence-electron chi connectivity index (χ1n) is 8.75. The van der Waals surface area contributed by atoms with Crippen molar-refractivity contribution in [3.05, 3.63) is 61.9 Å². The summed E-state index contributed by atoms with van der Waals surface area (Å²) in [6.45, 7) is 0. The van der Waals surface area contributed by atoms with E-state index in [2.05, 4.69) is 10.3 Å². The average Bonchev–Trinajstić information content (AvgIpc) is 2.64. The number of rotatable bonds is 3. The molecule has 0 bridgehead atoms. The van der Waals surface area contributed by atoms with Gasteiger partial charge in [0.1, 0.15) is 11.4 Å². The minimum atomic E-state index is -4.38. The first kappa shape index (κ1) is 19.7. The zero-order valence-corrected chi connectivity index (χ0v) is 14.7. The molecule has 1 aromatic carbocycles. The van der Waals surface area contributed by atoms with E-state index in [-0.39, 0.29) is 23.3 Å². The predicted octanol–water partition coefficient (Wildman–Crippen LogP) is 2.12. The number of hydrogen-bond acceptors (Lipinski definition) is 4. The molecule has 10 heteroatoms. The van der Waals surface area contributed by atoms with E-state index in [1.165, 1.54) is 12.1 Å². The van der Waals surface area contributed by atoms with Gasteiger partial charge < -0.3 is 16.0 Å². The number of alkyl halides is 3. The molecule has 0 saturated heterocycles. The number of anilines is 1. The summed E-state index contributed by atoms with van der Waals surface area (Å²) in [6, 6.07) is 5.07. The van der Waals surface area contributed by atoms with Crippen molar-refractivity contribution >= 4 is 11.6 Å². The van der Waals surface area contributed by atoms with Gasteiger partial charge >= 0.3 is 11.9 Å². The summed E-state index contributed by atoms with van der Waals surface area (Å²) < 4.78 is 38.7. The van der Waals surface area contributed by atoms with Crippen molar-refractivity contribution < 1.29 is 18.0 Å². The molecule has 2 aromatic rings. The molecule has 0 radical (unpaired) electrons. The van der Waals surface area contributed by atoms with Crippen molar-refractivity contribution in [1.29, 1.82) is 0 Å². The number of benzene rings is 1. The fourth-order valence-electron chi connectivity index (χ4n) is 3.47. The highest BCUT2D eigenvalue weighted by Crippen LogP contribution is 2.36. The van der Waals surface area contributed by atoms with Gasteiger partial charge in [-0.2, -0.15) is 13.2 Å². The Kier molecular flexibility index (Phi) is 5.30. The second-order valence-corrected chi connectivity index (χ2v) is 6.84. The number of carbonyl (C=O) groups excluding carboxylic acids is 1. The van der Waals surface area contributed by atoms with Crippen molar-refractivity contribution in [2.45, 2.75) is 43.8 Å². The maximum absolute atomic E-state index is 12.9. The third-order valence-electron chi connectivity index (χ3n) is 4.95. The maximum atomic E-state index is 12.9. The zero-order chi connectivity index (χ0) is 20.5. The summed E-state index contributed by atoms with van der Waals surface area (Å²) in [4.78, 5) is 39.3. The van der Waals surface area contributed by atoms with Gasteiger partial charge in [0.15, 0.2) is 0 Å². The number of amides is 1. The number of hydrogen-bond donors (Lipinski definition) is 4. The largest absolute Gasteiger partial charge is 0.416 e. The molecule has 1 heterocycles. The van der Waals surface area contributed by atoms with Crippen LogP contribution >= 0.6 is 0 Å². The van der Waals surface area contributed by atoms with Crippen LogP contribution in [-0.2, 0) is 6.18 Å². The van der Waals surface area contributed by atoms with Gasteiger partial charge in [-0.25, -0.2) is 4.79 Å². The van der Waals surface area contributed by atoms with Crippen LogP contribution in [0.1, 0.15) is 53.2 Å². The van der Waals surface area contributed by atoms with Gasteiger partial charge in [0.05, 0.1) is 5.56 Å². The molecule has 5 N–H and O–H groups in total. The number of H-pyrrole nitrogens is 2. The van der Waals surface area contributed by atoms with Crippen LogP contribution in [0.15, 0.2) is 33.9 Å². The average molecular weight is 396 g/mol. The lowest BCUT2D eigenvalue weighted by Crippen LogP contribution is -2.40. The third kappa shape index (κ3) is 4.26. The highest BCUT2D eigenvalue weighted by molar-refractivity contribution is 5.96. The molecule has 1 amide bonds. The topological polar surface area (TPSA) is 121 Å². The molecular weight excluding hydrogens is 377 g/mol. The number of nitrogens with two attached hydrogens (primary N) is 1. The second kappa shape index (κ2) is 7.53. The Labute approximate surface area is 157 Å². The van der Waals surface area contributed by atoms with Gasteiger partial charge in [-0.15, -0.1) is 0 Å². The summed E-state index contributed by atoms with van der Waals surface area (Å²) in [5.41, 5.74) is 3.14. The monoisotopic (exact) mass is 396 g/mol. The molecule has 0 unspecified atom stereocenters. The van der Waals surface area contributed by atoms with Crippen LogP contribution in [0.3, 0.4) is 0 Å². The molecule has 1 aliphatic carbocycles. The number of nitrogens with one attached hydrogen (secondary N) is 3. The van der Waals surface area contributed by atoms with Gasteiger partial charge in [0.2, 0.25) is 0 Å². The lowest BCUT2D eigenvalue weighted by atomic mass is 9.81. The van der Waals surface area contributed by atoms with Crippen LogP contribution < -0.4 is 22.3 Å². The van der Waals surface area contributed by atoms with E-state index in [1.54, 1.807) is 6.07 Å². The normalized spacial score (nSPS) is 20.0. The van der Waals surface area contributed by atoms with Crippen molar-refractivity contribution in [3.63, 3.8) is 0 Å². The molecule has 150 valence electrons. The quantitative estimate of drug-likeness (QED) is 0.635. The first-order valence-corrected chi connectivity index (χ1v) is 8.75. The fourth-order valence-corrected chi connectivity index (χ4v) is 3.47. The Morgan fingerprint density at radius 2 is 1.79 bits per heavy atom. The van der Waals surface area contributed by atoms with Gasteiger partial charge in [-0.1, -0.05) is 18.2 Å². The Hall–Kier alpha value is -3.04. The number of carbonyl (C=O) groups is 1. The number of aromatic nitrogens is 2. The van der Waals surface area contributed by atoms with Crippen molar-refractivity contribution in [1.82, 2.24) is 15.3 Å². The van der Waals surface area contributed by atoms with Gasteiger partial charge in [0.25, 0.3) is 11.5 Å². The Morgan fingerprint density at radius 3 is 2.43 bits per heavy atom. The second-order valence-electron chi connectivity index (χ2n) is 6.84. The summed E-state index contributed by atoms with van der Waals surface area (Å²) in [5.74, 6) is -0.692. The zero-order valence-electron chi connectivity index (χ0n) is 14.7. The molecule has 1 aliphatic rings. The van der Waals surface area contributed by atoms with Gasteiger partial charge in [-0.05, 0) is 43.2 Å². The van der Waals surface area contributed by atoms with E-state index in [4.69, 9.17) is 5.73 Å². The van der Waals surface area contributed by atoms with Gasteiger partial charge in [0, 0.05) is 6.04 Å². The van der Waals surface area contributed by atoms with E-state index >= 15 is 0 Å². The van der Waals surface area contributed by atoms with Crippen LogP contribution in [0.5, 0.6) is 0 Å². The SMILES string of the molecule is Nc1c(C(=O)NC2CCC(c3cccc(C(F)(F)F)c3)CC2)[nH]c(=O)[nH]c1=O. The molecule has 0 aliphatic heterocycles. The van der Waals surface area contributed by atoms with Gasteiger partial charge in [-0.3, -0.25) is 14.6 Å². The minimum absolute atomic E-state index is 0.0279. The third-order valence-corrected chi connectivity index (χ3v) is 4.95. The van der Waals surface area contributed by atoms with Crippen LogP contribution in [0.25, 0.3) is 0 Å². The molecule has 0 spiro atoms. The van der Waals surface area contributed by atoms with Crippen molar-refractivity contribution in [2.75, 3.05) is 5.73 Å². The summed E-state index contributed by atoms with van der Waals surface area (Å²) >= 11 is 0. The molecule has 1 aromatic heterocycles. The van der Waals surface area contributed by atoms with Crippen LogP contribution in [0, 0.1) is 0 Å². The number of aromatic amines is 2. The molecule has 7 nitrogen and oxygen atoms in total. The summed E-state index contributed by atoms with van der Waals surface area (Å²) in [7, 11) is 0. The van der Waals surface area contributed by atoms with Crippen LogP contribution in [0.4, 0.5) is 18.9 Å². The van der Waals surface area contributed by atoms with E-state index in [0.717, 1.165) is 6.07 Å². The predicted molar refractivity (Wildman–Crippen MR) is 96.0 cm³/mol. The lowest BCUT2D eigenvalue weighted by Gasteiger charge is -2.29. The summed E-state index contributed by atoms with van der Waals surface area (Å²) in [5, 5.41) is 2.72. The minimum Gasteiger partial charge on any atom is -0.392 e. The number of halogens is 3. The van der Waals surface area contributed by atoms with Crippen LogP contribution in [-0.4, -0.2) is 21.9 Å². The highest BCUT2D eigenvalue weighted by atomic mass is 19.4. The Bertz CT molecular complexity index is 989.